The molecule has 0 spiro atoms. The second-order valence-corrected chi connectivity index (χ2v) is 6.39. The number of nitrogens with zero attached hydrogens (tertiary/aromatic N) is 2. The number of carbonyl (C=O) groups excluding carboxylic acids is 1. The number of esters is 1. The van der Waals surface area contributed by atoms with Crippen molar-refractivity contribution in [2.45, 2.75) is 25.5 Å². The van der Waals surface area contributed by atoms with E-state index in [1.165, 1.54) is 12.1 Å². The number of hydrogen-bond acceptors (Lipinski definition) is 6. The molecule has 27 heavy (non-hydrogen) atoms. The summed E-state index contributed by atoms with van der Waals surface area (Å²) in [4.78, 5) is 25.0. The number of rotatable bonds is 4. The lowest BCUT2D eigenvalue weighted by molar-refractivity contribution is -0.384. The zero-order chi connectivity index (χ0) is 19.0. The molecule has 0 aromatic heterocycles. The number of hydrogen-bond donors (Lipinski definition) is 0. The average molecular weight is 366 g/mol. The van der Waals surface area contributed by atoms with Crippen LogP contribution in [0.5, 0.6) is 5.75 Å². The summed E-state index contributed by atoms with van der Waals surface area (Å²) >= 11 is 0. The van der Waals surface area contributed by atoms with Gasteiger partial charge in [-0.2, -0.15) is 0 Å². The lowest BCUT2D eigenvalue weighted by atomic mass is 9.85. The number of nitro benzene ring substituents is 1. The summed E-state index contributed by atoms with van der Waals surface area (Å²) in [5.41, 5.74) is 2.26. The van der Waals surface area contributed by atoms with Gasteiger partial charge in [-0.05, 0) is 24.6 Å². The molecule has 2 atom stereocenters. The van der Waals surface area contributed by atoms with Gasteiger partial charge in [0.05, 0.1) is 22.8 Å². The van der Waals surface area contributed by atoms with Crippen LogP contribution in [0.25, 0.3) is 0 Å². The summed E-state index contributed by atoms with van der Waals surface area (Å²) < 4.78 is 11.3. The Balaban J connectivity index is 1.72. The fourth-order valence-electron chi connectivity index (χ4n) is 3.56. The fraction of sp³-hybridized carbons (Fsp3) is 0.250. The van der Waals surface area contributed by atoms with Crippen LogP contribution in [0.15, 0.2) is 60.3 Å². The molecular formula is C20H18N2O5. The molecule has 0 fully saturated rings. The number of ether oxygens (including phenoxy) is 2. The van der Waals surface area contributed by atoms with E-state index in [4.69, 9.17) is 9.47 Å². The van der Waals surface area contributed by atoms with Gasteiger partial charge in [0.25, 0.3) is 5.69 Å². The van der Waals surface area contributed by atoms with E-state index >= 15 is 0 Å². The molecule has 4 rings (SSSR count). The predicted octanol–water partition coefficient (Wildman–Crippen LogP) is 3.75. The highest BCUT2D eigenvalue weighted by Crippen LogP contribution is 2.45. The number of para-hydroxylation sites is 2. The van der Waals surface area contributed by atoms with Gasteiger partial charge in [-0.25, -0.2) is 4.79 Å². The van der Waals surface area contributed by atoms with Gasteiger partial charge >= 0.3 is 5.97 Å². The van der Waals surface area contributed by atoms with Crippen LogP contribution in [0.2, 0.25) is 0 Å². The maximum absolute atomic E-state index is 12.6. The van der Waals surface area contributed by atoms with Crippen LogP contribution in [0.3, 0.4) is 0 Å². The largest absolute Gasteiger partial charge is 0.468 e. The summed E-state index contributed by atoms with van der Waals surface area (Å²) in [5.74, 6) is 0.121. The molecule has 0 N–H and O–H groups in total. The molecular weight excluding hydrogens is 348 g/mol. The lowest BCUT2D eigenvalue weighted by Gasteiger charge is -2.33. The summed E-state index contributed by atoms with van der Waals surface area (Å²) in [6, 6.07) is 13.9. The molecule has 2 aromatic carbocycles. The number of benzene rings is 2. The van der Waals surface area contributed by atoms with E-state index in [0.29, 0.717) is 12.0 Å². The molecule has 2 aliphatic rings. The van der Waals surface area contributed by atoms with Crippen LogP contribution in [-0.2, 0) is 9.53 Å². The van der Waals surface area contributed by atoms with Crippen LogP contribution in [0, 0.1) is 10.1 Å². The zero-order valence-electron chi connectivity index (χ0n) is 14.7. The Morgan fingerprint density at radius 3 is 2.70 bits per heavy atom. The van der Waals surface area contributed by atoms with Crippen molar-refractivity contribution in [2.75, 3.05) is 11.5 Å². The Morgan fingerprint density at radius 2 is 2.00 bits per heavy atom. The second kappa shape index (κ2) is 6.75. The summed E-state index contributed by atoms with van der Waals surface area (Å²) in [6.45, 7) is 2.04. The third-order valence-electron chi connectivity index (χ3n) is 4.83. The predicted molar refractivity (Wildman–Crippen MR) is 98.5 cm³/mol. The first kappa shape index (κ1) is 17.1. The first-order valence-electron chi connectivity index (χ1n) is 8.75. The summed E-state index contributed by atoms with van der Waals surface area (Å²) in [6.07, 6.45) is 2.09. The average Bonchev–Trinajstić information content (AvgIpc) is 3.05. The second-order valence-electron chi connectivity index (χ2n) is 6.39. The van der Waals surface area contributed by atoms with Crippen molar-refractivity contribution in [2.24, 2.45) is 0 Å². The molecule has 7 nitrogen and oxygen atoms in total. The van der Waals surface area contributed by atoms with Gasteiger partial charge in [-0.3, -0.25) is 10.1 Å². The Bertz CT molecular complexity index is 922. The van der Waals surface area contributed by atoms with Crippen molar-refractivity contribution in [3.8, 4) is 5.75 Å². The highest BCUT2D eigenvalue weighted by molar-refractivity contribution is 5.91. The molecule has 0 bridgehead atoms. The van der Waals surface area contributed by atoms with E-state index in [2.05, 4.69) is 0 Å². The molecule has 0 radical (unpaired) electrons. The highest BCUT2D eigenvalue weighted by atomic mass is 16.6. The Hall–Kier alpha value is -3.35. The van der Waals surface area contributed by atoms with E-state index in [-0.39, 0.29) is 30.4 Å². The van der Waals surface area contributed by atoms with Gasteiger partial charge in [0.1, 0.15) is 5.75 Å². The maximum Gasteiger partial charge on any atom is 0.336 e. The Kier molecular flexibility index (Phi) is 4.27. The molecule has 0 saturated heterocycles. The fourth-order valence-corrected chi connectivity index (χ4v) is 3.56. The zero-order valence-corrected chi connectivity index (χ0v) is 14.7. The third kappa shape index (κ3) is 3.01. The molecule has 0 aliphatic carbocycles. The lowest BCUT2D eigenvalue weighted by Crippen LogP contribution is -2.38. The molecule has 0 saturated carbocycles. The third-order valence-corrected chi connectivity index (χ3v) is 4.83. The van der Waals surface area contributed by atoms with Crippen molar-refractivity contribution in [3.05, 3.63) is 76.0 Å². The highest BCUT2D eigenvalue weighted by Gasteiger charge is 2.40. The minimum atomic E-state index is -0.439. The number of carbonyl (C=O) groups is 1. The smallest absolute Gasteiger partial charge is 0.336 e. The number of non-ortho nitro benzene ring substituents is 1. The van der Waals surface area contributed by atoms with Gasteiger partial charge < -0.3 is 14.4 Å². The molecule has 0 amide bonds. The number of anilines is 1. The quantitative estimate of drug-likeness (QED) is 0.466. The SMILES string of the molecule is CCOC(=O)C1=CN2c3ccccc3OC2C[C@H]1c1ccc([N+](=O)[O-])cc1. The monoisotopic (exact) mass is 366 g/mol. The van der Waals surface area contributed by atoms with Crippen molar-refractivity contribution in [1.29, 1.82) is 0 Å². The first-order valence-corrected chi connectivity index (χ1v) is 8.75. The van der Waals surface area contributed by atoms with Crippen molar-refractivity contribution >= 4 is 17.3 Å². The topological polar surface area (TPSA) is 81.9 Å². The van der Waals surface area contributed by atoms with Crippen LogP contribution < -0.4 is 9.64 Å². The minimum Gasteiger partial charge on any atom is -0.468 e. The van der Waals surface area contributed by atoms with Crippen LogP contribution in [0.1, 0.15) is 24.8 Å². The molecule has 2 aliphatic heterocycles. The Morgan fingerprint density at radius 1 is 1.26 bits per heavy atom. The molecule has 7 heteroatoms. The minimum absolute atomic E-state index is 0.0161. The number of nitro groups is 1. The summed E-state index contributed by atoms with van der Waals surface area (Å²) in [7, 11) is 0. The van der Waals surface area contributed by atoms with Gasteiger partial charge in [0.15, 0.2) is 6.23 Å². The number of fused-ring (bicyclic) bond motifs is 3. The standard InChI is InChI=1S/C20H18N2O5/c1-2-26-20(23)16-12-21-17-5-3-4-6-18(17)27-19(21)11-15(16)13-7-9-14(10-8-13)22(24)25/h3-10,12,15,19H,2,11H2,1H3/t15-,19?/m0/s1. The summed E-state index contributed by atoms with van der Waals surface area (Å²) in [5, 5.41) is 10.9. The van der Waals surface area contributed by atoms with E-state index in [1.54, 1.807) is 25.3 Å². The van der Waals surface area contributed by atoms with Crippen LogP contribution in [-0.4, -0.2) is 23.7 Å². The molecule has 2 heterocycles. The van der Waals surface area contributed by atoms with Gasteiger partial charge in [-0.15, -0.1) is 0 Å². The van der Waals surface area contributed by atoms with Gasteiger partial charge in [-0.1, -0.05) is 24.3 Å². The van der Waals surface area contributed by atoms with Crippen LogP contribution in [0.4, 0.5) is 11.4 Å². The first-order chi connectivity index (χ1) is 13.1. The van der Waals surface area contributed by atoms with Crippen LogP contribution >= 0.6 is 0 Å². The van der Waals surface area contributed by atoms with Crippen molar-refractivity contribution in [1.82, 2.24) is 0 Å². The Labute approximate surface area is 156 Å². The molecule has 1 unspecified atom stereocenters. The maximum atomic E-state index is 12.6. The molecule has 138 valence electrons. The van der Waals surface area contributed by atoms with E-state index < -0.39 is 4.92 Å². The van der Waals surface area contributed by atoms with Crippen molar-refractivity contribution < 1.29 is 19.2 Å². The van der Waals surface area contributed by atoms with Gasteiger partial charge in [0.2, 0.25) is 0 Å². The molecule has 2 aromatic rings. The van der Waals surface area contributed by atoms with E-state index in [0.717, 1.165) is 17.0 Å². The normalized spacial score (nSPS) is 20.2. The van der Waals surface area contributed by atoms with Crippen molar-refractivity contribution in [3.63, 3.8) is 0 Å². The van der Waals surface area contributed by atoms with E-state index in [1.807, 2.05) is 29.2 Å². The van der Waals surface area contributed by atoms with E-state index in [9.17, 15) is 14.9 Å². The van der Waals surface area contributed by atoms with Gasteiger partial charge in [0, 0.05) is 30.7 Å².